The fourth-order valence-corrected chi connectivity index (χ4v) is 1.44. The molecule has 0 saturated heterocycles. The van der Waals surface area contributed by atoms with Crippen LogP contribution in [0.4, 0.5) is 0 Å². The summed E-state index contributed by atoms with van der Waals surface area (Å²) in [7, 11) is 0. The van der Waals surface area contributed by atoms with Crippen LogP contribution in [0, 0.1) is 13.8 Å². The van der Waals surface area contributed by atoms with Gasteiger partial charge in [0.15, 0.2) is 18.4 Å². The van der Waals surface area contributed by atoms with Gasteiger partial charge < -0.3 is 4.42 Å². The van der Waals surface area contributed by atoms with Crippen molar-refractivity contribution in [3.63, 3.8) is 0 Å². The summed E-state index contributed by atoms with van der Waals surface area (Å²) in [4.78, 5) is 14.7. The number of carbonyl (C=O) groups is 1. The Morgan fingerprint density at radius 3 is 2.73 bits per heavy atom. The smallest absolute Gasteiger partial charge is 0.194 e. The largest absolute Gasteiger partial charge is 0.440 e. The second-order valence-electron chi connectivity index (χ2n) is 3.48. The molecule has 0 spiro atoms. The zero-order valence-electron chi connectivity index (χ0n) is 8.65. The Morgan fingerprint density at radius 2 is 2.07 bits per heavy atom. The van der Waals surface area contributed by atoms with E-state index in [0.29, 0.717) is 12.0 Å². The molecule has 0 N–H and O–H groups in total. The molecule has 0 atom stereocenters. The van der Waals surface area contributed by atoms with Crippen molar-refractivity contribution in [3.8, 4) is 11.3 Å². The van der Waals surface area contributed by atoms with Crippen molar-refractivity contribution in [2.75, 3.05) is 0 Å². The summed E-state index contributed by atoms with van der Waals surface area (Å²) >= 11 is 0. The summed E-state index contributed by atoms with van der Waals surface area (Å²) in [6.45, 7) is 4.07. The average molecular weight is 201 g/mol. The van der Waals surface area contributed by atoms with Crippen molar-refractivity contribution < 1.29 is 9.21 Å². The predicted molar refractivity (Wildman–Crippen MR) is 56.8 cm³/mol. The molecule has 0 aliphatic carbocycles. The normalized spacial score (nSPS) is 10.3. The third-order valence-corrected chi connectivity index (χ3v) is 2.48. The number of nitrogens with zero attached hydrogens (tertiary/aromatic N) is 1. The van der Waals surface area contributed by atoms with E-state index in [1.807, 2.05) is 32.0 Å². The Balaban J connectivity index is 2.54. The molecule has 0 bridgehead atoms. The molecule has 3 nitrogen and oxygen atoms in total. The first-order chi connectivity index (χ1) is 7.22. The SMILES string of the molecule is Cc1ccc(-c2ncoc2C=O)cc1C. The lowest BCUT2D eigenvalue weighted by atomic mass is 10.0. The molecule has 0 aliphatic heterocycles. The number of hydrogen-bond acceptors (Lipinski definition) is 3. The number of aromatic nitrogens is 1. The van der Waals surface area contributed by atoms with E-state index >= 15 is 0 Å². The number of benzene rings is 1. The summed E-state index contributed by atoms with van der Waals surface area (Å²) in [5.41, 5.74) is 3.91. The summed E-state index contributed by atoms with van der Waals surface area (Å²) in [6, 6.07) is 5.95. The van der Waals surface area contributed by atoms with E-state index in [4.69, 9.17) is 4.42 Å². The van der Waals surface area contributed by atoms with Crippen LogP contribution in [0.3, 0.4) is 0 Å². The molecule has 2 rings (SSSR count). The lowest BCUT2D eigenvalue weighted by molar-refractivity contribution is 0.110. The van der Waals surface area contributed by atoms with Crippen molar-refractivity contribution in [2.24, 2.45) is 0 Å². The Kier molecular flexibility index (Phi) is 2.37. The molecule has 3 heteroatoms. The zero-order valence-corrected chi connectivity index (χ0v) is 8.65. The molecule has 0 radical (unpaired) electrons. The highest BCUT2D eigenvalue weighted by Gasteiger charge is 2.09. The minimum absolute atomic E-state index is 0.276. The van der Waals surface area contributed by atoms with Gasteiger partial charge in [0.05, 0.1) is 0 Å². The van der Waals surface area contributed by atoms with Crippen LogP contribution in [-0.2, 0) is 0 Å². The van der Waals surface area contributed by atoms with Crippen molar-refractivity contribution in [1.82, 2.24) is 4.98 Å². The first kappa shape index (κ1) is 9.65. The van der Waals surface area contributed by atoms with Crippen LogP contribution in [0.2, 0.25) is 0 Å². The Hall–Kier alpha value is -1.90. The fourth-order valence-electron chi connectivity index (χ4n) is 1.44. The van der Waals surface area contributed by atoms with Crippen molar-refractivity contribution >= 4 is 6.29 Å². The van der Waals surface area contributed by atoms with Gasteiger partial charge in [0, 0.05) is 5.56 Å². The molecule has 76 valence electrons. The number of aryl methyl sites for hydroxylation is 2. The highest BCUT2D eigenvalue weighted by molar-refractivity contribution is 5.82. The van der Waals surface area contributed by atoms with Gasteiger partial charge in [-0.25, -0.2) is 4.98 Å². The Labute approximate surface area is 87.8 Å². The highest BCUT2D eigenvalue weighted by Crippen LogP contribution is 2.23. The summed E-state index contributed by atoms with van der Waals surface area (Å²) in [5.74, 6) is 0.276. The van der Waals surface area contributed by atoms with E-state index in [-0.39, 0.29) is 5.76 Å². The Bertz CT molecular complexity index is 500. The maximum absolute atomic E-state index is 10.7. The average Bonchev–Trinajstić information content (AvgIpc) is 2.70. The molecule has 2 aromatic rings. The van der Waals surface area contributed by atoms with E-state index in [0.717, 1.165) is 5.56 Å². The van der Waals surface area contributed by atoms with Gasteiger partial charge in [-0.05, 0) is 31.0 Å². The quantitative estimate of drug-likeness (QED) is 0.701. The molecule has 1 aromatic carbocycles. The minimum Gasteiger partial charge on any atom is -0.440 e. The van der Waals surface area contributed by atoms with Gasteiger partial charge >= 0.3 is 0 Å². The lowest BCUT2D eigenvalue weighted by Gasteiger charge is -2.02. The number of oxazole rings is 1. The highest BCUT2D eigenvalue weighted by atomic mass is 16.3. The third kappa shape index (κ3) is 1.68. The summed E-state index contributed by atoms with van der Waals surface area (Å²) in [6.07, 6.45) is 1.96. The van der Waals surface area contributed by atoms with Gasteiger partial charge in [-0.3, -0.25) is 4.79 Å². The molecule has 1 heterocycles. The van der Waals surface area contributed by atoms with E-state index in [1.165, 1.54) is 17.5 Å². The Morgan fingerprint density at radius 1 is 1.27 bits per heavy atom. The molecule has 0 fully saturated rings. The molecule has 15 heavy (non-hydrogen) atoms. The van der Waals surface area contributed by atoms with Crippen LogP contribution in [-0.4, -0.2) is 11.3 Å². The van der Waals surface area contributed by atoms with Crippen LogP contribution in [0.5, 0.6) is 0 Å². The van der Waals surface area contributed by atoms with Gasteiger partial charge in [-0.1, -0.05) is 12.1 Å². The number of hydrogen-bond donors (Lipinski definition) is 0. The molecule has 0 aliphatic rings. The maximum atomic E-state index is 10.7. The summed E-state index contributed by atoms with van der Waals surface area (Å²) in [5, 5.41) is 0. The second-order valence-corrected chi connectivity index (χ2v) is 3.48. The van der Waals surface area contributed by atoms with E-state index in [2.05, 4.69) is 4.98 Å². The predicted octanol–water partition coefficient (Wildman–Crippen LogP) is 2.77. The van der Waals surface area contributed by atoms with Gasteiger partial charge in [0.25, 0.3) is 0 Å². The van der Waals surface area contributed by atoms with E-state index in [9.17, 15) is 4.79 Å². The lowest BCUT2D eigenvalue weighted by Crippen LogP contribution is -1.87. The maximum Gasteiger partial charge on any atom is 0.194 e. The van der Waals surface area contributed by atoms with Crippen molar-refractivity contribution in [2.45, 2.75) is 13.8 Å². The minimum atomic E-state index is 0.276. The second kappa shape index (κ2) is 3.69. The third-order valence-electron chi connectivity index (χ3n) is 2.48. The van der Waals surface area contributed by atoms with Gasteiger partial charge in [-0.15, -0.1) is 0 Å². The summed E-state index contributed by atoms with van der Waals surface area (Å²) < 4.78 is 4.96. The van der Waals surface area contributed by atoms with Crippen molar-refractivity contribution in [3.05, 3.63) is 41.5 Å². The molecular formula is C12H11NO2. The van der Waals surface area contributed by atoms with Crippen LogP contribution in [0.15, 0.2) is 29.0 Å². The van der Waals surface area contributed by atoms with Crippen molar-refractivity contribution in [1.29, 1.82) is 0 Å². The monoisotopic (exact) mass is 201 g/mol. The molecule has 0 amide bonds. The number of aldehydes is 1. The first-order valence-electron chi connectivity index (χ1n) is 4.68. The molecule has 0 saturated carbocycles. The van der Waals surface area contributed by atoms with Crippen LogP contribution < -0.4 is 0 Å². The van der Waals surface area contributed by atoms with Gasteiger partial charge in [0.1, 0.15) is 5.69 Å². The molecule has 1 aromatic heterocycles. The van der Waals surface area contributed by atoms with Crippen LogP contribution in [0.1, 0.15) is 21.7 Å². The van der Waals surface area contributed by atoms with Crippen LogP contribution in [0.25, 0.3) is 11.3 Å². The number of carbonyl (C=O) groups excluding carboxylic acids is 1. The van der Waals surface area contributed by atoms with Gasteiger partial charge in [0.2, 0.25) is 0 Å². The van der Waals surface area contributed by atoms with E-state index < -0.39 is 0 Å². The molecule has 0 unspecified atom stereocenters. The first-order valence-corrected chi connectivity index (χ1v) is 4.68. The van der Waals surface area contributed by atoms with E-state index in [1.54, 1.807) is 0 Å². The molecular weight excluding hydrogens is 190 g/mol. The number of rotatable bonds is 2. The zero-order chi connectivity index (χ0) is 10.8. The topological polar surface area (TPSA) is 43.1 Å². The van der Waals surface area contributed by atoms with Crippen LogP contribution >= 0.6 is 0 Å². The van der Waals surface area contributed by atoms with Gasteiger partial charge in [-0.2, -0.15) is 0 Å². The standard InChI is InChI=1S/C12H11NO2/c1-8-3-4-10(5-9(8)2)12-11(6-14)15-7-13-12/h3-7H,1-2H3. The fraction of sp³-hybridized carbons (Fsp3) is 0.167.